The third kappa shape index (κ3) is 2.52. The van der Waals surface area contributed by atoms with Crippen LogP contribution < -0.4 is 11.5 Å². The number of hydrogen-bond acceptors (Lipinski definition) is 3. The van der Waals surface area contributed by atoms with Crippen molar-refractivity contribution in [2.24, 2.45) is 22.8 Å². The predicted octanol–water partition coefficient (Wildman–Crippen LogP) is 1.24. The molecule has 3 rings (SSSR count). The van der Waals surface area contributed by atoms with E-state index in [1.165, 1.54) is 38.5 Å². The summed E-state index contributed by atoms with van der Waals surface area (Å²) in [4.78, 5) is 14.1. The molecule has 1 unspecified atom stereocenters. The maximum Gasteiger partial charge on any atom is 0.239 e. The summed E-state index contributed by atoms with van der Waals surface area (Å²) in [5.74, 6) is 0.0171. The number of carbonyl (C=O) groups excluding carboxylic acids is 1. The van der Waals surface area contributed by atoms with Crippen LogP contribution in [-0.2, 0) is 4.79 Å². The third-order valence-electron chi connectivity index (χ3n) is 5.83. The molecule has 4 nitrogen and oxygen atoms in total. The van der Waals surface area contributed by atoms with Gasteiger partial charge in [0.1, 0.15) is 5.54 Å². The second-order valence-electron chi connectivity index (χ2n) is 7.16. The van der Waals surface area contributed by atoms with Crippen LogP contribution in [0.25, 0.3) is 0 Å². The molecule has 1 heterocycles. The minimum atomic E-state index is -0.778. The molecule has 0 aromatic carbocycles. The Morgan fingerprint density at radius 3 is 2.21 bits per heavy atom. The summed E-state index contributed by atoms with van der Waals surface area (Å²) in [5.41, 5.74) is 11.7. The highest BCUT2D eigenvalue weighted by atomic mass is 16.1. The van der Waals surface area contributed by atoms with E-state index in [-0.39, 0.29) is 5.91 Å². The fourth-order valence-corrected chi connectivity index (χ4v) is 4.19. The van der Waals surface area contributed by atoms with Gasteiger partial charge in [-0.05, 0) is 62.9 Å². The Kier molecular flexibility index (Phi) is 3.34. The summed E-state index contributed by atoms with van der Waals surface area (Å²) in [6, 6.07) is 0. The third-order valence-corrected chi connectivity index (χ3v) is 5.83. The van der Waals surface area contributed by atoms with E-state index in [1.54, 1.807) is 0 Å². The number of nitrogens with two attached hydrogens (primary N) is 2. The monoisotopic (exact) mass is 265 g/mol. The molecule has 1 spiro atoms. The molecular weight excluding hydrogens is 238 g/mol. The van der Waals surface area contributed by atoms with Gasteiger partial charge in [0.05, 0.1) is 0 Å². The molecular formula is C15H27N3O. The molecule has 0 aromatic heterocycles. The number of rotatable bonds is 4. The van der Waals surface area contributed by atoms with E-state index < -0.39 is 5.54 Å². The number of primary amides is 1. The van der Waals surface area contributed by atoms with Gasteiger partial charge in [-0.1, -0.05) is 12.8 Å². The molecule has 1 amide bonds. The van der Waals surface area contributed by atoms with E-state index >= 15 is 0 Å². The van der Waals surface area contributed by atoms with E-state index in [4.69, 9.17) is 11.5 Å². The van der Waals surface area contributed by atoms with Crippen LogP contribution in [0.1, 0.15) is 51.4 Å². The number of amides is 1. The van der Waals surface area contributed by atoms with Crippen LogP contribution in [0.5, 0.6) is 0 Å². The summed E-state index contributed by atoms with van der Waals surface area (Å²) >= 11 is 0. The normalized spacial score (nSPS) is 30.4. The largest absolute Gasteiger partial charge is 0.368 e. The van der Waals surface area contributed by atoms with Gasteiger partial charge in [-0.25, -0.2) is 0 Å². The lowest BCUT2D eigenvalue weighted by Gasteiger charge is -2.42. The lowest BCUT2D eigenvalue weighted by molar-refractivity contribution is -0.125. The first kappa shape index (κ1) is 13.4. The fraction of sp³-hybridized carbons (Fsp3) is 0.933. The molecule has 108 valence electrons. The Balaban J connectivity index is 1.58. The van der Waals surface area contributed by atoms with Gasteiger partial charge in [-0.2, -0.15) is 0 Å². The predicted molar refractivity (Wildman–Crippen MR) is 75.4 cm³/mol. The van der Waals surface area contributed by atoms with Gasteiger partial charge in [-0.15, -0.1) is 0 Å². The van der Waals surface area contributed by atoms with E-state index in [9.17, 15) is 4.79 Å². The van der Waals surface area contributed by atoms with Gasteiger partial charge in [0.2, 0.25) is 5.91 Å². The maximum absolute atomic E-state index is 11.7. The molecule has 0 bridgehead atoms. The maximum atomic E-state index is 11.7. The van der Waals surface area contributed by atoms with Crippen LogP contribution in [0.4, 0.5) is 0 Å². The number of piperidine rings is 1. The molecule has 19 heavy (non-hydrogen) atoms. The molecule has 4 N–H and O–H groups in total. The molecule has 1 aliphatic heterocycles. The summed E-state index contributed by atoms with van der Waals surface area (Å²) in [6.07, 6.45) is 10.3. The van der Waals surface area contributed by atoms with Crippen molar-refractivity contribution in [3.63, 3.8) is 0 Å². The number of nitrogens with zero attached hydrogens (tertiary/aromatic N) is 1. The van der Waals surface area contributed by atoms with Crippen LogP contribution in [0.3, 0.4) is 0 Å². The van der Waals surface area contributed by atoms with Crippen LogP contribution in [-0.4, -0.2) is 36.0 Å². The number of likely N-dealkylation sites (tertiary alicyclic amines) is 1. The van der Waals surface area contributed by atoms with Gasteiger partial charge in [0.15, 0.2) is 0 Å². The fourth-order valence-electron chi connectivity index (χ4n) is 4.19. The Bertz CT molecular complexity index is 350. The molecule has 3 fully saturated rings. The average Bonchev–Trinajstić information content (AvgIpc) is 3.15. The van der Waals surface area contributed by atoms with E-state index in [1.807, 2.05) is 0 Å². The lowest BCUT2D eigenvalue weighted by Crippen LogP contribution is -2.61. The zero-order valence-electron chi connectivity index (χ0n) is 11.9. The summed E-state index contributed by atoms with van der Waals surface area (Å²) in [7, 11) is 0. The summed E-state index contributed by atoms with van der Waals surface area (Å²) in [5, 5.41) is 0. The zero-order valence-corrected chi connectivity index (χ0v) is 11.9. The topological polar surface area (TPSA) is 72.3 Å². The number of hydrogen-bond donors (Lipinski definition) is 2. The SMILES string of the molecule is NC(=O)C(N)(CN1CCC2(CCCC2)CC1)C1CC1. The van der Waals surface area contributed by atoms with Crippen LogP contribution >= 0.6 is 0 Å². The Hall–Kier alpha value is -0.610. The van der Waals surface area contributed by atoms with Crippen molar-refractivity contribution >= 4 is 5.91 Å². The first-order chi connectivity index (χ1) is 9.04. The highest BCUT2D eigenvalue weighted by molar-refractivity contribution is 5.85. The Morgan fingerprint density at radius 2 is 1.74 bits per heavy atom. The Morgan fingerprint density at radius 1 is 1.16 bits per heavy atom. The first-order valence-corrected chi connectivity index (χ1v) is 7.85. The molecule has 1 saturated heterocycles. The van der Waals surface area contributed by atoms with Gasteiger partial charge in [-0.3, -0.25) is 4.79 Å². The van der Waals surface area contributed by atoms with Gasteiger partial charge >= 0.3 is 0 Å². The van der Waals surface area contributed by atoms with Crippen LogP contribution in [0.15, 0.2) is 0 Å². The molecule has 2 aliphatic carbocycles. The van der Waals surface area contributed by atoms with Crippen LogP contribution in [0, 0.1) is 11.3 Å². The summed E-state index contributed by atoms with van der Waals surface area (Å²) in [6.45, 7) is 2.86. The Labute approximate surface area is 115 Å². The highest BCUT2D eigenvalue weighted by Crippen LogP contribution is 2.46. The number of carbonyl (C=O) groups is 1. The zero-order chi connectivity index (χ0) is 13.5. The van der Waals surface area contributed by atoms with E-state index in [0.717, 1.165) is 25.9 Å². The minimum Gasteiger partial charge on any atom is -0.368 e. The van der Waals surface area contributed by atoms with Crippen molar-refractivity contribution in [3.05, 3.63) is 0 Å². The van der Waals surface area contributed by atoms with Crippen molar-refractivity contribution in [2.45, 2.75) is 56.9 Å². The van der Waals surface area contributed by atoms with Gasteiger partial charge in [0, 0.05) is 6.54 Å². The van der Waals surface area contributed by atoms with Crippen molar-refractivity contribution in [3.8, 4) is 0 Å². The highest BCUT2D eigenvalue weighted by Gasteiger charge is 2.48. The van der Waals surface area contributed by atoms with E-state index in [0.29, 0.717) is 17.9 Å². The molecule has 4 heteroatoms. The summed E-state index contributed by atoms with van der Waals surface area (Å²) < 4.78 is 0. The molecule has 3 aliphatic rings. The van der Waals surface area contributed by atoms with Crippen LogP contribution in [0.2, 0.25) is 0 Å². The van der Waals surface area contributed by atoms with Crippen molar-refractivity contribution < 1.29 is 4.79 Å². The molecule has 0 radical (unpaired) electrons. The average molecular weight is 265 g/mol. The standard InChI is InChI=1S/C15H27N3O/c16-13(19)15(17,12-3-4-12)11-18-9-7-14(8-10-18)5-1-2-6-14/h12H,1-11,17H2,(H2,16,19). The van der Waals surface area contributed by atoms with Crippen molar-refractivity contribution in [1.29, 1.82) is 0 Å². The van der Waals surface area contributed by atoms with E-state index in [2.05, 4.69) is 4.90 Å². The molecule has 2 saturated carbocycles. The second-order valence-corrected chi connectivity index (χ2v) is 7.16. The molecule has 0 aromatic rings. The smallest absolute Gasteiger partial charge is 0.239 e. The quantitative estimate of drug-likeness (QED) is 0.803. The lowest BCUT2D eigenvalue weighted by atomic mass is 9.76. The van der Waals surface area contributed by atoms with Gasteiger partial charge < -0.3 is 16.4 Å². The molecule has 1 atom stereocenters. The van der Waals surface area contributed by atoms with Crippen molar-refractivity contribution in [1.82, 2.24) is 4.90 Å². The van der Waals surface area contributed by atoms with Crippen molar-refractivity contribution in [2.75, 3.05) is 19.6 Å². The van der Waals surface area contributed by atoms with Gasteiger partial charge in [0.25, 0.3) is 0 Å². The first-order valence-electron chi connectivity index (χ1n) is 7.85. The minimum absolute atomic E-state index is 0.309. The second kappa shape index (κ2) is 4.74.